The van der Waals surface area contributed by atoms with Gasteiger partial charge in [-0.05, 0) is 77.3 Å². The number of carbonyl (C=O) groups excluding carboxylic acids is 1. The number of carbonyl (C=O) groups is 1. The lowest BCUT2D eigenvalue weighted by Gasteiger charge is -2.18. The Morgan fingerprint density at radius 1 is 1.13 bits per heavy atom. The largest absolute Gasteiger partial charge is 0.508 e. The smallest absolute Gasteiger partial charge is 0.255 e. The maximum Gasteiger partial charge on any atom is 0.255 e. The fourth-order valence-electron chi connectivity index (χ4n) is 4.26. The maximum absolute atomic E-state index is 13.1. The molecule has 0 radical (unpaired) electrons. The zero-order valence-corrected chi connectivity index (χ0v) is 19.9. The van der Waals surface area contributed by atoms with E-state index in [4.69, 9.17) is 0 Å². The average Bonchev–Trinajstić information content (AvgIpc) is 3.20. The van der Waals surface area contributed by atoms with Crippen molar-refractivity contribution in [2.24, 2.45) is 0 Å². The van der Waals surface area contributed by atoms with Crippen molar-refractivity contribution in [2.45, 2.75) is 104 Å². The molecule has 3 N–H and O–H groups in total. The topological polar surface area (TPSA) is 69.6 Å². The van der Waals surface area contributed by atoms with Crippen molar-refractivity contribution in [1.82, 2.24) is 5.32 Å². The number of aryl methyl sites for hydroxylation is 1. The Hall–Kier alpha value is -2.23. The summed E-state index contributed by atoms with van der Waals surface area (Å²) in [6, 6.07) is 1.88. The van der Waals surface area contributed by atoms with Crippen LogP contribution in [0.4, 0.5) is 0 Å². The molecule has 0 unspecified atom stereocenters. The number of unbranched alkanes of at least 4 members (excludes halogenated alkanes) is 2. The molecular formula is C27H41NO3. The van der Waals surface area contributed by atoms with Crippen LogP contribution in [0, 0.1) is 0 Å². The minimum absolute atomic E-state index is 0.0599. The lowest BCUT2D eigenvalue weighted by atomic mass is 9.94. The van der Waals surface area contributed by atoms with E-state index in [2.05, 4.69) is 39.1 Å². The van der Waals surface area contributed by atoms with Crippen molar-refractivity contribution in [2.75, 3.05) is 0 Å². The van der Waals surface area contributed by atoms with Gasteiger partial charge in [-0.25, -0.2) is 0 Å². The molecule has 0 aliphatic heterocycles. The van der Waals surface area contributed by atoms with Gasteiger partial charge in [0.15, 0.2) is 0 Å². The third-order valence-corrected chi connectivity index (χ3v) is 6.18. The second-order valence-corrected chi connectivity index (χ2v) is 9.24. The molecule has 31 heavy (non-hydrogen) atoms. The van der Waals surface area contributed by atoms with Gasteiger partial charge >= 0.3 is 0 Å². The quantitative estimate of drug-likeness (QED) is 0.271. The zero-order chi connectivity index (χ0) is 22.8. The number of rotatable bonds is 11. The molecule has 1 amide bonds. The molecular weight excluding hydrogens is 386 g/mol. The number of benzene rings is 1. The van der Waals surface area contributed by atoms with Crippen LogP contribution >= 0.6 is 0 Å². The van der Waals surface area contributed by atoms with Gasteiger partial charge in [0, 0.05) is 11.6 Å². The van der Waals surface area contributed by atoms with Gasteiger partial charge < -0.3 is 15.5 Å². The van der Waals surface area contributed by atoms with Crippen molar-refractivity contribution in [3.8, 4) is 11.5 Å². The predicted octanol–water partition coefficient (Wildman–Crippen LogP) is 6.74. The Morgan fingerprint density at radius 2 is 1.84 bits per heavy atom. The van der Waals surface area contributed by atoms with Crippen LogP contribution in [0.5, 0.6) is 11.5 Å². The maximum atomic E-state index is 13.1. The normalized spacial score (nSPS) is 14.6. The number of allylic oxidation sites excluding steroid dienone is 4. The van der Waals surface area contributed by atoms with Gasteiger partial charge in [-0.3, -0.25) is 4.79 Å². The highest BCUT2D eigenvalue weighted by Crippen LogP contribution is 2.36. The molecule has 0 spiro atoms. The summed E-state index contributed by atoms with van der Waals surface area (Å²) in [4.78, 5) is 13.1. The third-order valence-electron chi connectivity index (χ3n) is 6.18. The monoisotopic (exact) mass is 427 g/mol. The summed E-state index contributed by atoms with van der Waals surface area (Å²) in [5.74, 6) is -0.188. The molecule has 1 aliphatic carbocycles. The van der Waals surface area contributed by atoms with Crippen molar-refractivity contribution < 1.29 is 15.0 Å². The first kappa shape index (κ1) is 25.0. The Morgan fingerprint density at radius 3 is 2.48 bits per heavy atom. The highest BCUT2D eigenvalue weighted by Gasteiger charge is 2.25. The van der Waals surface area contributed by atoms with E-state index in [1.54, 1.807) is 6.07 Å². The summed E-state index contributed by atoms with van der Waals surface area (Å²) in [5.41, 5.74) is 4.05. The molecule has 1 saturated carbocycles. The van der Waals surface area contributed by atoms with Crippen molar-refractivity contribution in [3.63, 3.8) is 0 Å². The van der Waals surface area contributed by atoms with Crippen molar-refractivity contribution >= 4 is 5.91 Å². The summed E-state index contributed by atoms with van der Waals surface area (Å²) < 4.78 is 0. The lowest BCUT2D eigenvalue weighted by molar-refractivity contribution is 0.0934. The molecule has 0 atom stereocenters. The molecule has 172 valence electrons. The number of aromatic hydroxyl groups is 2. The summed E-state index contributed by atoms with van der Waals surface area (Å²) in [6.07, 6.45) is 14.6. The van der Waals surface area contributed by atoms with Gasteiger partial charge in [0.1, 0.15) is 11.5 Å². The van der Waals surface area contributed by atoms with E-state index >= 15 is 0 Å². The summed E-state index contributed by atoms with van der Waals surface area (Å²) in [7, 11) is 0. The predicted molar refractivity (Wildman–Crippen MR) is 129 cm³/mol. The third kappa shape index (κ3) is 7.75. The second-order valence-electron chi connectivity index (χ2n) is 9.24. The minimum atomic E-state index is -0.207. The highest BCUT2D eigenvalue weighted by molar-refractivity contribution is 5.99. The molecule has 4 heteroatoms. The first-order chi connectivity index (χ1) is 14.8. The standard InChI is InChI=1S/C27H41NO3/c1-5-6-7-13-21-18-24(29)23(17-16-20(4)12-10-11-19(2)3)26(30)25(21)27(31)28-22-14-8-9-15-22/h11,16,18,22,29-30H,5-10,12-15,17H2,1-4H3,(H,28,31). The Balaban J connectivity index is 2.27. The number of phenols is 2. The highest BCUT2D eigenvalue weighted by atomic mass is 16.3. The van der Waals surface area contributed by atoms with Crippen molar-refractivity contribution in [1.29, 1.82) is 0 Å². The molecule has 1 fully saturated rings. The Labute approximate surface area is 188 Å². The van der Waals surface area contributed by atoms with Crippen molar-refractivity contribution in [3.05, 3.63) is 46.1 Å². The fourth-order valence-corrected chi connectivity index (χ4v) is 4.26. The van der Waals surface area contributed by atoms with E-state index in [-0.39, 0.29) is 23.4 Å². The summed E-state index contributed by atoms with van der Waals surface area (Å²) in [6.45, 7) is 8.39. The van der Waals surface area contributed by atoms with E-state index in [0.717, 1.165) is 63.4 Å². The number of amides is 1. The molecule has 0 bridgehead atoms. The second kappa shape index (κ2) is 12.6. The Bertz CT molecular complexity index is 797. The van der Waals surface area contributed by atoms with Gasteiger partial charge in [0.05, 0.1) is 5.56 Å². The number of phenolic OH excluding ortho intramolecular Hbond substituents is 2. The van der Waals surface area contributed by atoms with E-state index in [9.17, 15) is 15.0 Å². The summed E-state index contributed by atoms with van der Waals surface area (Å²) in [5, 5.41) is 24.8. The van der Waals surface area contributed by atoms with Crippen LogP contribution in [0.25, 0.3) is 0 Å². The molecule has 1 aliphatic rings. The first-order valence-corrected chi connectivity index (χ1v) is 12.0. The summed E-state index contributed by atoms with van der Waals surface area (Å²) >= 11 is 0. The van der Waals surface area contributed by atoms with Gasteiger partial charge in [0.2, 0.25) is 0 Å². The van der Waals surface area contributed by atoms with E-state index in [1.165, 1.54) is 11.1 Å². The van der Waals surface area contributed by atoms with Crippen LogP contribution < -0.4 is 5.32 Å². The van der Waals surface area contributed by atoms with Crippen LogP contribution in [0.1, 0.15) is 107 Å². The molecule has 1 aromatic carbocycles. The fraction of sp³-hybridized carbons (Fsp3) is 0.593. The zero-order valence-electron chi connectivity index (χ0n) is 19.9. The van der Waals surface area contributed by atoms with Crippen LogP contribution in [-0.4, -0.2) is 22.2 Å². The average molecular weight is 428 g/mol. The van der Waals surface area contributed by atoms with E-state index in [0.29, 0.717) is 24.0 Å². The van der Waals surface area contributed by atoms with Crippen LogP contribution in [0.3, 0.4) is 0 Å². The van der Waals surface area contributed by atoms with Gasteiger partial charge in [-0.15, -0.1) is 0 Å². The molecule has 4 nitrogen and oxygen atoms in total. The number of hydrogen-bond acceptors (Lipinski definition) is 3. The molecule has 2 rings (SSSR count). The first-order valence-electron chi connectivity index (χ1n) is 12.0. The van der Waals surface area contributed by atoms with Crippen LogP contribution in [0.15, 0.2) is 29.4 Å². The number of nitrogens with one attached hydrogen (secondary N) is 1. The van der Waals surface area contributed by atoms with Gasteiger partial charge in [-0.2, -0.15) is 0 Å². The lowest BCUT2D eigenvalue weighted by Crippen LogP contribution is -2.33. The van der Waals surface area contributed by atoms with Gasteiger partial charge in [-0.1, -0.05) is 55.9 Å². The van der Waals surface area contributed by atoms with Crippen LogP contribution in [-0.2, 0) is 12.8 Å². The minimum Gasteiger partial charge on any atom is -0.508 e. The van der Waals surface area contributed by atoms with E-state index < -0.39 is 0 Å². The SMILES string of the molecule is CCCCCc1cc(O)c(CC=C(C)CCC=C(C)C)c(O)c1C(=O)NC1CCCC1. The molecule has 1 aromatic rings. The Kier molecular flexibility index (Phi) is 10.2. The molecule has 0 heterocycles. The van der Waals surface area contributed by atoms with E-state index in [1.807, 2.05) is 6.08 Å². The molecule has 0 aromatic heterocycles. The van der Waals surface area contributed by atoms with Gasteiger partial charge in [0.25, 0.3) is 5.91 Å². The molecule has 0 saturated heterocycles. The van der Waals surface area contributed by atoms with Crippen LogP contribution in [0.2, 0.25) is 0 Å². The number of hydrogen-bond donors (Lipinski definition) is 3.